The van der Waals surface area contributed by atoms with Crippen molar-refractivity contribution in [3.8, 4) is 11.5 Å². The van der Waals surface area contributed by atoms with E-state index in [9.17, 15) is 0 Å². The Morgan fingerprint density at radius 3 is 2.44 bits per heavy atom. The van der Waals surface area contributed by atoms with Crippen molar-refractivity contribution < 1.29 is 4.74 Å². The van der Waals surface area contributed by atoms with Gasteiger partial charge in [-0.15, -0.1) is 23.4 Å². The highest BCUT2D eigenvalue weighted by Crippen LogP contribution is 2.34. The minimum absolute atomic E-state index is 0.374. The fraction of sp³-hybridized carbons (Fsp3) is 0.143. The van der Waals surface area contributed by atoms with Crippen LogP contribution in [0.15, 0.2) is 47.4 Å². The molecule has 0 amide bonds. The van der Waals surface area contributed by atoms with E-state index in [4.69, 9.17) is 27.9 Å². The van der Waals surface area contributed by atoms with Crippen LogP contribution >= 0.6 is 35.0 Å². The third-order valence-electron chi connectivity index (χ3n) is 2.47. The van der Waals surface area contributed by atoms with E-state index in [0.29, 0.717) is 16.7 Å². The lowest BCUT2D eigenvalue weighted by Gasteiger charge is -2.11. The molecule has 0 fully saturated rings. The van der Waals surface area contributed by atoms with Crippen molar-refractivity contribution in [3.05, 3.63) is 53.1 Å². The van der Waals surface area contributed by atoms with Crippen molar-refractivity contribution in [1.29, 1.82) is 0 Å². The zero-order valence-corrected chi connectivity index (χ0v) is 12.1. The maximum absolute atomic E-state index is 6.13. The molecule has 0 heterocycles. The molecule has 2 rings (SSSR count). The number of hydrogen-bond acceptors (Lipinski definition) is 2. The summed E-state index contributed by atoms with van der Waals surface area (Å²) in [6.07, 6.45) is 2.04. The quantitative estimate of drug-likeness (QED) is 0.537. The Balaban J connectivity index is 2.27. The molecule has 0 aliphatic heterocycles. The standard InChI is InChI=1S/C14H12Cl2OS/c1-18-12-7-5-11(6-8-12)17-14-10(9-15)3-2-4-13(14)16/h2-8H,9H2,1H3. The second-order valence-corrected chi connectivity index (χ2v) is 5.19. The predicted octanol–water partition coefficient (Wildman–Crippen LogP) is 5.59. The number of hydrogen-bond donors (Lipinski definition) is 0. The zero-order chi connectivity index (χ0) is 13.0. The second-order valence-electron chi connectivity index (χ2n) is 3.64. The summed E-state index contributed by atoms with van der Waals surface area (Å²) in [4.78, 5) is 1.19. The van der Waals surface area contributed by atoms with E-state index in [1.165, 1.54) is 4.90 Å². The van der Waals surface area contributed by atoms with Crippen LogP contribution in [0.3, 0.4) is 0 Å². The number of thioether (sulfide) groups is 1. The Morgan fingerprint density at radius 2 is 1.83 bits per heavy atom. The number of halogens is 2. The highest BCUT2D eigenvalue weighted by Gasteiger charge is 2.08. The fourth-order valence-corrected chi connectivity index (χ4v) is 2.39. The average Bonchev–Trinajstić information content (AvgIpc) is 2.42. The van der Waals surface area contributed by atoms with Crippen LogP contribution in [-0.2, 0) is 5.88 Å². The molecule has 0 aromatic heterocycles. The van der Waals surface area contributed by atoms with Gasteiger partial charge in [0.2, 0.25) is 0 Å². The minimum atomic E-state index is 0.374. The molecule has 0 bridgehead atoms. The van der Waals surface area contributed by atoms with Crippen molar-refractivity contribution in [3.63, 3.8) is 0 Å². The van der Waals surface area contributed by atoms with Gasteiger partial charge >= 0.3 is 0 Å². The SMILES string of the molecule is CSc1ccc(Oc2c(Cl)cccc2CCl)cc1. The fourth-order valence-electron chi connectivity index (χ4n) is 1.53. The molecule has 0 atom stereocenters. The predicted molar refractivity (Wildman–Crippen MR) is 79.3 cm³/mol. The van der Waals surface area contributed by atoms with Crippen LogP contribution in [0.5, 0.6) is 11.5 Å². The smallest absolute Gasteiger partial charge is 0.150 e. The Bertz CT molecular complexity index is 526. The van der Waals surface area contributed by atoms with Gasteiger partial charge in [-0.2, -0.15) is 0 Å². The van der Waals surface area contributed by atoms with Crippen LogP contribution in [0.1, 0.15) is 5.56 Å². The average molecular weight is 299 g/mol. The Labute approximate surface area is 121 Å². The van der Waals surface area contributed by atoms with Gasteiger partial charge in [-0.25, -0.2) is 0 Å². The largest absolute Gasteiger partial charge is 0.455 e. The van der Waals surface area contributed by atoms with Gasteiger partial charge in [-0.05, 0) is 36.6 Å². The van der Waals surface area contributed by atoms with Gasteiger partial charge in [0.05, 0.1) is 10.9 Å². The normalized spacial score (nSPS) is 10.4. The third kappa shape index (κ3) is 3.14. The van der Waals surface area contributed by atoms with Crippen molar-refractivity contribution >= 4 is 35.0 Å². The monoisotopic (exact) mass is 298 g/mol. The first-order valence-corrected chi connectivity index (χ1v) is 7.53. The van der Waals surface area contributed by atoms with E-state index < -0.39 is 0 Å². The molecule has 4 heteroatoms. The van der Waals surface area contributed by atoms with E-state index in [2.05, 4.69) is 0 Å². The highest BCUT2D eigenvalue weighted by molar-refractivity contribution is 7.98. The summed E-state index contributed by atoms with van der Waals surface area (Å²) >= 11 is 13.7. The second kappa shape index (κ2) is 6.37. The summed E-state index contributed by atoms with van der Waals surface area (Å²) in [7, 11) is 0. The molecule has 0 spiro atoms. The summed E-state index contributed by atoms with van der Waals surface area (Å²) in [5.74, 6) is 1.76. The van der Waals surface area contributed by atoms with Gasteiger partial charge in [-0.1, -0.05) is 23.7 Å². The van der Waals surface area contributed by atoms with E-state index >= 15 is 0 Å². The molecule has 94 valence electrons. The first kappa shape index (κ1) is 13.6. The lowest BCUT2D eigenvalue weighted by atomic mass is 10.2. The molecule has 18 heavy (non-hydrogen) atoms. The van der Waals surface area contributed by atoms with Gasteiger partial charge in [0.15, 0.2) is 0 Å². The molecule has 0 unspecified atom stereocenters. The minimum Gasteiger partial charge on any atom is -0.455 e. The maximum atomic E-state index is 6.13. The maximum Gasteiger partial charge on any atom is 0.150 e. The molecule has 0 radical (unpaired) electrons. The van der Waals surface area contributed by atoms with Gasteiger partial charge in [-0.3, -0.25) is 0 Å². The molecular weight excluding hydrogens is 287 g/mol. The molecule has 2 aromatic rings. The van der Waals surface area contributed by atoms with Crippen LogP contribution in [0.4, 0.5) is 0 Å². The topological polar surface area (TPSA) is 9.23 Å². The third-order valence-corrected chi connectivity index (χ3v) is 3.80. The van der Waals surface area contributed by atoms with E-state index in [1.54, 1.807) is 17.8 Å². The van der Waals surface area contributed by atoms with Crippen LogP contribution in [0, 0.1) is 0 Å². The van der Waals surface area contributed by atoms with Crippen molar-refractivity contribution in [2.45, 2.75) is 10.8 Å². The lowest BCUT2D eigenvalue weighted by Crippen LogP contribution is -1.90. The number of para-hydroxylation sites is 1. The molecule has 0 aliphatic rings. The van der Waals surface area contributed by atoms with Crippen LogP contribution in [0.25, 0.3) is 0 Å². The van der Waals surface area contributed by atoms with Crippen molar-refractivity contribution in [1.82, 2.24) is 0 Å². The Morgan fingerprint density at radius 1 is 1.11 bits per heavy atom. The first-order valence-electron chi connectivity index (χ1n) is 5.40. The zero-order valence-electron chi connectivity index (χ0n) is 9.82. The molecular formula is C14H12Cl2OS. The molecule has 0 aliphatic carbocycles. The summed E-state index contributed by atoms with van der Waals surface area (Å²) < 4.78 is 5.81. The Kier molecular flexibility index (Phi) is 4.81. The Hall–Kier alpha value is -0.830. The highest BCUT2D eigenvalue weighted by atomic mass is 35.5. The van der Waals surface area contributed by atoms with E-state index in [-0.39, 0.29) is 0 Å². The molecule has 0 saturated heterocycles. The van der Waals surface area contributed by atoms with Crippen molar-refractivity contribution in [2.24, 2.45) is 0 Å². The summed E-state index contributed by atoms with van der Waals surface area (Å²) in [5, 5.41) is 0.571. The summed E-state index contributed by atoms with van der Waals surface area (Å²) in [5.41, 5.74) is 0.887. The van der Waals surface area contributed by atoms with Crippen molar-refractivity contribution in [2.75, 3.05) is 6.26 Å². The lowest BCUT2D eigenvalue weighted by molar-refractivity contribution is 0.478. The van der Waals surface area contributed by atoms with Gasteiger partial charge in [0.25, 0.3) is 0 Å². The number of ether oxygens (including phenoxy) is 1. The number of alkyl halides is 1. The summed E-state index contributed by atoms with van der Waals surface area (Å²) in [6, 6.07) is 13.4. The summed E-state index contributed by atoms with van der Waals surface area (Å²) in [6.45, 7) is 0. The van der Waals surface area contributed by atoms with Crippen LogP contribution in [0.2, 0.25) is 5.02 Å². The molecule has 0 N–H and O–H groups in total. The molecule has 1 nitrogen and oxygen atoms in total. The van der Waals surface area contributed by atoms with Crippen LogP contribution in [-0.4, -0.2) is 6.26 Å². The van der Waals surface area contributed by atoms with Gasteiger partial charge in [0, 0.05) is 10.5 Å². The van der Waals surface area contributed by atoms with E-state index in [0.717, 1.165) is 11.3 Å². The van der Waals surface area contributed by atoms with E-state index in [1.807, 2.05) is 42.7 Å². The van der Waals surface area contributed by atoms with Crippen LogP contribution < -0.4 is 4.74 Å². The first-order chi connectivity index (χ1) is 8.74. The van der Waals surface area contributed by atoms with Gasteiger partial charge < -0.3 is 4.74 Å². The molecule has 0 saturated carbocycles. The number of rotatable bonds is 4. The van der Waals surface area contributed by atoms with Gasteiger partial charge in [0.1, 0.15) is 11.5 Å². The molecule has 2 aromatic carbocycles. The number of benzene rings is 2.